The molecule has 0 bridgehead atoms. The van der Waals surface area contributed by atoms with E-state index in [0.717, 1.165) is 38.0 Å². The van der Waals surface area contributed by atoms with E-state index in [1.807, 2.05) is 13.1 Å². The summed E-state index contributed by atoms with van der Waals surface area (Å²) >= 11 is 5.30. The van der Waals surface area contributed by atoms with E-state index in [9.17, 15) is 14.4 Å². The van der Waals surface area contributed by atoms with Crippen LogP contribution in [0.25, 0.3) is 0 Å². The van der Waals surface area contributed by atoms with Gasteiger partial charge < -0.3 is 32.6 Å². The van der Waals surface area contributed by atoms with Crippen LogP contribution in [0.1, 0.15) is 62.8 Å². The molecule has 9 nitrogen and oxygen atoms in total. The van der Waals surface area contributed by atoms with Gasteiger partial charge in [-0.2, -0.15) is 0 Å². The first-order valence-electron chi connectivity index (χ1n) is 15.7. The zero-order valence-electron chi connectivity index (χ0n) is 33.0. The smallest absolute Gasteiger partial charge is 0 e. The van der Waals surface area contributed by atoms with Gasteiger partial charge in [-0.1, -0.05) is 62.0 Å². The van der Waals surface area contributed by atoms with E-state index in [2.05, 4.69) is 96.2 Å². The van der Waals surface area contributed by atoms with Crippen LogP contribution >= 0.6 is 61.2 Å². The molecule has 0 aliphatic rings. The average molecular weight is 1360 g/mol. The number of rotatable bonds is 19. The summed E-state index contributed by atoms with van der Waals surface area (Å²) in [5.74, 6) is -0.617. The first-order chi connectivity index (χ1) is 21.5. The van der Waals surface area contributed by atoms with Crippen molar-refractivity contribution in [3.8, 4) is 0 Å². The molecule has 0 atom stereocenters. The van der Waals surface area contributed by atoms with Crippen LogP contribution in [0.15, 0.2) is 24.3 Å². The van der Waals surface area contributed by atoms with Crippen molar-refractivity contribution in [1.82, 2.24) is 0 Å². The molecular formula is C35H86I4O9Si4Y-. The summed E-state index contributed by atoms with van der Waals surface area (Å²) < 4.78 is 30.5. The van der Waals surface area contributed by atoms with Crippen molar-refractivity contribution >= 4 is 107 Å². The largest absolute Gasteiger partial charge is 0 e. The second-order valence-electron chi connectivity index (χ2n) is 13.1. The Morgan fingerprint density at radius 1 is 0.698 bits per heavy atom. The van der Waals surface area contributed by atoms with Gasteiger partial charge in [0.25, 0.3) is 0 Å². The van der Waals surface area contributed by atoms with Gasteiger partial charge in [-0.15, -0.1) is 24.0 Å². The van der Waals surface area contributed by atoms with Gasteiger partial charge in [-0.3, -0.25) is 0 Å². The van der Waals surface area contributed by atoms with Crippen LogP contribution in [0, 0.1) is 0 Å². The van der Waals surface area contributed by atoms with Crippen LogP contribution in [0.5, 0.6) is 0 Å². The molecule has 1 N–H and O–H groups in total. The first kappa shape index (κ1) is 83.7. The van der Waals surface area contributed by atoms with Crippen LogP contribution in [0.3, 0.4) is 0 Å². The Balaban J connectivity index is -0.0000000474. The Morgan fingerprint density at radius 2 is 1.06 bits per heavy atom. The number of esters is 2. The second kappa shape index (κ2) is 55.1. The van der Waals surface area contributed by atoms with E-state index in [1.54, 1.807) is 35.2 Å². The van der Waals surface area contributed by atoms with Crippen molar-refractivity contribution in [2.45, 2.75) is 140 Å². The van der Waals surface area contributed by atoms with Gasteiger partial charge in [0, 0.05) is 80.6 Å². The van der Waals surface area contributed by atoms with Gasteiger partial charge in [0.05, 0.1) is 26.4 Å². The zero-order valence-corrected chi connectivity index (χ0v) is 48.7. The minimum Gasteiger partial charge on any atom is 0 e. The van der Waals surface area contributed by atoms with Gasteiger partial charge in [0.15, 0.2) is 25.0 Å². The fourth-order valence-corrected chi connectivity index (χ4v) is 5.51. The molecule has 2 radical (unpaired) electrons. The molecule has 0 aromatic rings. The number of hydrogen-bond donors (Lipinski definition) is 1. The minimum absolute atomic E-state index is 0. The van der Waals surface area contributed by atoms with E-state index in [-0.39, 0.29) is 107 Å². The average Bonchev–Trinajstić information content (AvgIpc) is 2.95. The molecule has 0 aliphatic heterocycles. The standard InChI is InChI=1S/C9H22O3Si.C9H18O3Si.C9H17O2Si.C4H12OSi.4CH4.I3.HI.Y/c1-10-7-8-12-6-5-9-13(3,4)11-2;1-8(2)9(10)12-6-5-7-13(3,4)11;1-8(2)9(10)11-6-5-7-12(3)4;1-5-6(2,3)4;;;;;1-3-2;;/h5-9H2,1-4H3;11H,1,5-7H2,2-4H3;1,5-7H2,2-4H3;1-4H3;4*1H4;;1H;/q;;;;;;;;-1;;. The summed E-state index contributed by atoms with van der Waals surface area (Å²) in [5.41, 5.74) is 0.897. The van der Waals surface area contributed by atoms with Crippen molar-refractivity contribution in [2.24, 2.45) is 0 Å². The van der Waals surface area contributed by atoms with E-state index in [4.69, 9.17) is 27.8 Å². The topological polar surface area (TPSA) is 110 Å². The minimum atomic E-state index is -1.97. The summed E-state index contributed by atoms with van der Waals surface area (Å²) in [5, 5.41) is 0. The molecule has 0 spiro atoms. The van der Waals surface area contributed by atoms with E-state index >= 15 is 0 Å². The summed E-state index contributed by atoms with van der Waals surface area (Å²) in [4.78, 5) is 31.2. The van der Waals surface area contributed by atoms with Crippen LogP contribution in [-0.2, 0) is 70.1 Å². The van der Waals surface area contributed by atoms with Crippen LogP contribution in [0.4, 0.5) is 0 Å². The molecule has 18 heteroatoms. The third kappa shape index (κ3) is 92.0. The van der Waals surface area contributed by atoms with Crippen molar-refractivity contribution < 1.29 is 88.1 Å². The third-order valence-electron chi connectivity index (χ3n) is 5.58. The summed E-state index contributed by atoms with van der Waals surface area (Å²) in [6.45, 7) is 32.6. The Labute approximate surface area is 408 Å². The van der Waals surface area contributed by atoms with Crippen molar-refractivity contribution in [3.05, 3.63) is 24.3 Å². The van der Waals surface area contributed by atoms with E-state index in [1.165, 1.54) is 6.04 Å². The maximum absolute atomic E-state index is 10.9. The molecule has 0 unspecified atom stereocenters. The number of methoxy groups -OCH3 is 1. The Bertz CT molecular complexity index is 792. The molecule has 0 aromatic heterocycles. The zero-order chi connectivity index (χ0) is 38.1. The molecular weight excluding hydrogens is 1270 g/mol. The third-order valence-corrected chi connectivity index (χ3v) is 12.4. The molecule has 328 valence electrons. The number of hydrogen-bond acceptors (Lipinski definition) is 9. The predicted molar refractivity (Wildman–Crippen MR) is 265 cm³/mol. The van der Waals surface area contributed by atoms with Crippen molar-refractivity contribution in [2.75, 3.05) is 54.4 Å². The monoisotopic (exact) mass is 1360 g/mol. The van der Waals surface area contributed by atoms with Gasteiger partial charge >= 0.3 is 62.4 Å². The summed E-state index contributed by atoms with van der Waals surface area (Å²) in [7, 11) is 0.634. The number of ether oxygens (including phenoxy) is 4. The molecule has 0 aliphatic carbocycles. The van der Waals surface area contributed by atoms with Gasteiger partial charge in [0.2, 0.25) is 0 Å². The SMILES string of the molecule is C.C.C.C.C=C(C)C(=O)OCCC[Si](C)(C)O.C=C(C)C(=O)OCCC[Si](C)C.COCCOCCC[Si](C)(C)OC.CO[Si](C)(C)C.I.I[I-]I.[Y]. The second-order valence-corrected chi connectivity index (χ2v) is 45.4. The first-order valence-corrected chi connectivity index (χ1v) is 40.6. The molecule has 0 aromatic carbocycles. The predicted octanol–water partition coefficient (Wildman–Crippen LogP) is 9.24. The number of carbonyl (C=O) groups is 2. The Kier molecular flexibility index (Phi) is 87.1. The molecule has 0 fully saturated rings. The van der Waals surface area contributed by atoms with E-state index < -0.39 is 25.0 Å². The van der Waals surface area contributed by atoms with Crippen LogP contribution < -0.4 is 13.3 Å². The Hall–Kier alpha value is 3.11. The van der Waals surface area contributed by atoms with Crippen molar-refractivity contribution in [1.29, 1.82) is 0 Å². The maximum Gasteiger partial charge on any atom is 0 e. The molecule has 0 rings (SSSR count). The van der Waals surface area contributed by atoms with Crippen molar-refractivity contribution in [3.63, 3.8) is 0 Å². The normalized spacial score (nSPS) is 9.70. The fraction of sp³-hybridized carbons (Fsp3) is 0.829. The molecule has 0 heterocycles. The van der Waals surface area contributed by atoms with E-state index in [0.29, 0.717) is 50.8 Å². The quantitative estimate of drug-likeness (QED) is 0.0446. The summed E-state index contributed by atoms with van der Waals surface area (Å²) in [6, 6.07) is 3.13. The van der Waals surface area contributed by atoms with Gasteiger partial charge in [-0.05, 0) is 91.0 Å². The van der Waals surface area contributed by atoms with Crippen LogP contribution in [0.2, 0.25) is 77.1 Å². The Morgan fingerprint density at radius 3 is 1.34 bits per heavy atom. The van der Waals surface area contributed by atoms with Gasteiger partial charge in [-0.25, -0.2) is 9.59 Å². The van der Waals surface area contributed by atoms with Crippen LogP contribution in [-0.4, -0.2) is 105 Å². The number of carbonyl (C=O) groups excluding carboxylic acids is 2. The fourth-order valence-electron chi connectivity index (χ4n) is 2.45. The maximum atomic E-state index is 10.9. The molecule has 0 saturated heterocycles. The molecule has 53 heavy (non-hydrogen) atoms. The number of halogens is 4. The summed E-state index contributed by atoms with van der Waals surface area (Å²) in [6.07, 6.45) is 2.81. The molecule has 0 saturated carbocycles. The molecule has 0 amide bonds. The van der Waals surface area contributed by atoms with Gasteiger partial charge in [0.1, 0.15) is 0 Å².